The van der Waals surface area contributed by atoms with Gasteiger partial charge >= 0.3 is 5.65 Å². The third kappa shape index (κ3) is 3.70. The van der Waals surface area contributed by atoms with Crippen molar-refractivity contribution in [2.24, 2.45) is 29.7 Å². The van der Waals surface area contributed by atoms with Crippen LogP contribution in [-0.2, 0) is 13.6 Å². The highest BCUT2D eigenvalue weighted by Crippen LogP contribution is 2.61. The van der Waals surface area contributed by atoms with Gasteiger partial charge in [0.25, 0.3) is 0 Å². The molecule has 0 saturated heterocycles. The number of imidazole rings is 1. The van der Waals surface area contributed by atoms with Gasteiger partial charge in [-0.05, 0) is 75.0 Å². The van der Waals surface area contributed by atoms with Crippen molar-refractivity contribution in [3.05, 3.63) is 36.0 Å². The number of aryl methyl sites for hydroxylation is 1. The summed E-state index contributed by atoms with van der Waals surface area (Å²) in [4.78, 5) is 8.56. The van der Waals surface area contributed by atoms with Crippen LogP contribution in [0, 0.1) is 22.7 Å². The molecule has 2 aromatic rings. The molecular formula is C26H40N5+. The molecule has 0 radical (unpaired) electrons. The number of anilines is 1. The lowest BCUT2D eigenvalue weighted by atomic mass is 9.47. The van der Waals surface area contributed by atoms with Crippen LogP contribution in [0.1, 0.15) is 73.1 Å². The number of nitrogens with zero attached hydrogens (tertiary/aromatic N) is 4. The minimum atomic E-state index is 0.396. The lowest BCUT2D eigenvalue weighted by Gasteiger charge is -2.58. The zero-order chi connectivity index (χ0) is 22.4. The van der Waals surface area contributed by atoms with Gasteiger partial charge in [-0.15, -0.1) is 0 Å². The largest absolute Gasteiger partial charge is 0.380 e. The molecule has 0 bridgehead atoms. The van der Waals surface area contributed by atoms with Crippen molar-refractivity contribution in [1.29, 1.82) is 0 Å². The second-order valence-corrected chi connectivity index (χ2v) is 10.7. The summed E-state index contributed by atoms with van der Waals surface area (Å²) >= 11 is 0. The maximum absolute atomic E-state index is 6.14. The van der Waals surface area contributed by atoms with E-state index in [1.165, 1.54) is 44.0 Å². The molecular weight excluding hydrogens is 382 g/mol. The molecule has 2 heterocycles. The Balaban J connectivity index is 1.50. The average molecular weight is 423 g/mol. The Labute approximate surface area is 187 Å². The van der Waals surface area contributed by atoms with Crippen molar-refractivity contribution >= 4 is 17.0 Å². The molecule has 0 aromatic carbocycles. The van der Waals surface area contributed by atoms with Crippen LogP contribution in [0.3, 0.4) is 0 Å². The Morgan fingerprint density at radius 1 is 1.32 bits per heavy atom. The molecule has 0 spiro atoms. The summed E-state index contributed by atoms with van der Waals surface area (Å²) in [7, 11) is 2.00. The topological polar surface area (TPSA) is 60.6 Å². The van der Waals surface area contributed by atoms with E-state index in [0.29, 0.717) is 16.6 Å². The van der Waals surface area contributed by atoms with Crippen molar-refractivity contribution in [3.63, 3.8) is 0 Å². The van der Waals surface area contributed by atoms with Gasteiger partial charge in [-0.3, -0.25) is 4.57 Å². The second-order valence-electron chi connectivity index (χ2n) is 10.7. The van der Waals surface area contributed by atoms with Crippen LogP contribution in [-0.4, -0.2) is 14.5 Å². The van der Waals surface area contributed by atoms with E-state index in [1.54, 1.807) is 5.57 Å². The van der Waals surface area contributed by atoms with Crippen LogP contribution < -0.4 is 10.3 Å². The molecule has 1 fully saturated rings. The van der Waals surface area contributed by atoms with E-state index in [-0.39, 0.29) is 0 Å². The summed E-state index contributed by atoms with van der Waals surface area (Å²) in [6, 6.07) is 0. The third-order valence-corrected chi connectivity index (χ3v) is 9.05. The summed E-state index contributed by atoms with van der Waals surface area (Å²) in [5, 5.41) is 0. The fourth-order valence-corrected chi connectivity index (χ4v) is 6.53. The number of nitrogen functional groups attached to an aromatic ring is 1. The monoisotopic (exact) mass is 422 g/mol. The molecule has 5 heteroatoms. The highest BCUT2D eigenvalue weighted by Gasteiger charge is 2.52. The maximum Gasteiger partial charge on any atom is 0.307 e. The molecule has 5 nitrogen and oxygen atoms in total. The fraction of sp³-hybridized carbons (Fsp3) is 0.654. The number of hydrogen-bond acceptors (Lipinski definition) is 3. The summed E-state index contributed by atoms with van der Waals surface area (Å²) in [6.45, 7) is 13.1. The highest BCUT2D eigenvalue weighted by atomic mass is 15.2. The van der Waals surface area contributed by atoms with Crippen molar-refractivity contribution in [3.8, 4) is 0 Å². The van der Waals surface area contributed by atoms with E-state index in [0.717, 1.165) is 36.0 Å². The number of fused-ring (bicyclic) bond motifs is 2. The molecule has 4 rings (SSSR count). The molecule has 2 aromatic heterocycles. The lowest BCUT2D eigenvalue weighted by molar-refractivity contribution is -0.647. The van der Waals surface area contributed by atoms with Gasteiger partial charge in [0.2, 0.25) is 5.52 Å². The van der Waals surface area contributed by atoms with Crippen LogP contribution in [0.2, 0.25) is 0 Å². The van der Waals surface area contributed by atoms with Gasteiger partial charge in [0.05, 0.1) is 13.6 Å². The van der Waals surface area contributed by atoms with Crippen molar-refractivity contribution < 1.29 is 4.57 Å². The zero-order valence-electron chi connectivity index (χ0n) is 20.3. The van der Waals surface area contributed by atoms with Gasteiger partial charge < -0.3 is 5.73 Å². The third-order valence-electron chi connectivity index (χ3n) is 9.05. The van der Waals surface area contributed by atoms with E-state index >= 15 is 0 Å². The van der Waals surface area contributed by atoms with E-state index in [9.17, 15) is 0 Å². The minimum Gasteiger partial charge on any atom is -0.380 e. The Hall–Kier alpha value is -2.17. The van der Waals surface area contributed by atoms with Gasteiger partial charge in [0.15, 0.2) is 18.5 Å². The maximum atomic E-state index is 6.14. The first-order valence-corrected chi connectivity index (χ1v) is 11.9. The quantitative estimate of drug-likeness (QED) is 0.521. The number of rotatable bonds is 5. The first-order valence-electron chi connectivity index (χ1n) is 11.9. The van der Waals surface area contributed by atoms with Crippen LogP contribution in [0.25, 0.3) is 11.2 Å². The van der Waals surface area contributed by atoms with Crippen molar-refractivity contribution in [2.45, 2.75) is 79.7 Å². The van der Waals surface area contributed by atoms with Crippen molar-refractivity contribution in [1.82, 2.24) is 14.5 Å². The normalized spacial score (nSPS) is 31.5. The summed E-state index contributed by atoms with van der Waals surface area (Å²) < 4.78 is 4.17. The van der Waals surface area contributed by atoms with Gasteiger partial charge in [0, 0.05) is 0 Å². The van der Waals surface area contributed by atoms with Crippen molar-refractivity contribution in [2.75, 3.05) is 5.73 Å². The zero-order valence-corrected chi connectivity index (χ0v) is 20.3. The first kappa shape index (κ1) is 22.0. The summed E-state index contributed by atoms with van der Waals surface area (Å²) in [5.41, 5.74) is 11.8. The van der Waals surface area contributed by atoms with Gasteiger partial charge in [-0.2, -0.15) is 4.98 Å². The molecule has 4 atom stereocenters. The van der Waals surface area contributed by atoms with Gasteiger partial charge in [0.1, 0.15) is 0 Å². The van der Waals surface area contributed by atoms with Crippen LogP contribution in [0.15, 0.2) is 36.0 Å². The molecule has 0 aliphatic heterocycles. The Kier molecular flexibility index (Phi) is 5.74. The average Bonchev–Trinajstić information content (AvgIpc) is 3.07. The van der Waals surface area contributed by atoms with Gasteiger partial charge in [-0.1, -0.05) is 49.1 Å². The molecule has 0 amide bonds. The number of hydrogen-bond donors (Lipinski definition) is 1. The van der Waals surface area contributed by atoms with E-state index in [4.69, 9.17) is 5.73 Å². The Bertz CT molecular complexity index is 1030. The molecule has 0 unspecified atom stereocenters. The lowest BCUT2D eigenvalue weighted by Crippen LogP contribution is -2.49. The van der Waals surface area contributed by atoms with Gasteiger partial charge in [-0.25, -0.2) is 4.57 Å². The molecule has 31 heavy (non-hydrogen) atoms. The smallest absolute Gasteiger partial charge is 0.307 e. The molecule has 2 N–H and O–H groups in total. The number of allylic oxidation sites excluding steroid dienone is 4. The Morgan fingerprint density at radius 3 is 2.87 bits per heavy atom. The molecule has 168 valence electrons. The first-order chi connectivity index (χ1) is 14.7. The molecule has 2 aliphatic carbocycles. The predicted octanol–water partition coefficient (Wildman–Crippen LogP) is 5.36. The minimum absolute atomic E-state index is 0.396. The number of aromatic nitrogens is 4. The highest BCUT2D eigenvalue weighted by molar-refractivity contribution is 5.79. The summed E-state index contributed by atoms with van der Waals surface area (Å²) in [5.74, 6) is 2.12. The van der Waals surface area contributed by atoms with E-state index in [2.05, 4.69) is 67.6 Å². The van der Waals surface area contributed by atoms with Crippen LogP contribution >= 0.6 is 0 Å². The SMILES string of the molecule is CC1=CCC[C@@H]2[C@](C)(CC/C(C)=C/Cn3c[n+](C)c4ncnc(N)c43)[C@@H](C)CC[C@@]12C. The van der Waals surface area contributed by atoms with E-state index < -0.39 is 0 Å². The van der Waals surface area contributed by atoms with Crippen LogP contribution in [0.4, 0.5) is 5.82 Å². The van der Waals surface area contributed by atoms with E-state index in [1.807, 2.05) is 11.6 Å². The molecule has 2 aliphatic rings. The summed E-state index contributed by atoms with van der Waals surface area (Å²) in [6.07, 6.45) is 16.2. The number of nitrogens with two attached hydrogens (primary N) is 1. The van der Waals surface area contributed by atoms with Crippen LogP contribution in [0.5, 0.6) is 0 Å². The standard InChI is InChI=1S/C26H40N5/c1-18(12-15-31-17-30(6)24-22(31)23(27)28-16-29-24)10-13-25(4)20(3)11-14-26(5)19(2)8-7-9-21(25)26/h8,12,16-17,20-21H,7,9-11,13-15H2,1-6H3,(H2,27,28,29)/q+1/b18-12+/t20-,21+,25+,26-/m0/s1. The second kappa shape index (κ2) is 8.07. The molecule has 1 saturated carbocycles. The Morgan fingerprint density at radius 2 is 2.10 bits per heavy atom. The fourth-order valence-electron chi connectivity index (χ4n) is 6.53. The predicted molar refractivity (Wildman–Crippen MR) is 127 cm³/mol.